The highest BCUT2D eigenvalue weighted by Crippen LogP contribution is 2.37. The third-order valence-electron chi connectivity index (χ3n) is 2.49. The molecule has 0 heterocycles. The van der Waals surface area contributed by atoms with Gasteiger partial charge in [0.05, 0.1) is 0 Å². The summed E-state index contributed by atoms with van der Waals surface area (Å²) in [7, 11) is 1.76. The lowest BCUT2D eigenvalue weighted by Crippen LogP contribution is -2.18. The zero-order valence-corrected chi connectivity index (χ0v) is 9.52. The van der Waals surface area contributed by atoms with E-state index >= 15 is 0 Å². The van der Waals surface area contributed by atoms with Gasteiger partial charge in [0, 0.05) is 0 Å². The van der Waals surface area contributed by atoms with Crippen LogP contribution >= 0.6 is 0 Å². The van der Waals surface area contributed by atoms with E-state index in [4.69, 9.17) is 0 Å². The van der Waals surface area contributed by atoms with Crippen LogP contribution in [0.25, 0.3) is 0 Å². The summed E-state index contributed by atoms with van der Waals surface area (Å²) in [4.78, 5) is 0. The maximum atomic E-state index is 13.3. The van der Waals surface area contributed by atoms with Gasteiger partial charge in [0.15, 0.2) is 0 Å². The van der Waals surface area contributed by atoms with E-state index in [2.05, 4.69) is 5.32 Å². The van der Waals surface area contributed by atoms with E-state index in [1.54, 1.807) is 19.2 Å². The molecular formula is C12H15F4N. The Balaban J connectivity index is 2.84. The molecule has 1 unspecified atom stereocenters. The Morgan fingerprint density at radius 2 is 1.88 bits per heavy atom. The maximum Gasteiger partial charge on any atom is 0.423 e. The molecular weight excluding hydrogens is 234 g/mol. The Kier molecular flexibility index (Phi) is 4.93. The molecule has 0 aliphatic carbocycles. The highest BCUT2D eigenvalue weighted by atomic mass is 19.4. The van der Waals surface area contributed by atoms with E-state index in [9.17, 15) is 17.6 Å². The fourth-order valence-corrected chi connectivity index (χ4v) is 1.64. The van der Waals surface area contributed by atoms with E-state index in [0.29, 0.717) is 24.9 Å². The SMILES string of the molecule is CNCCCc1ccccc1C(F)C(F)(F)F. The molecule has 1 aromatic rings. The number of hydrogen-bond donors (Lipinski definition) is 1. The van der Waals surface area contributed by atoms with E-state index < -0.39 is 12.3 Å². The van der Waals surface area contributed by atoms with Gasteiger partial charge in [0.25, 0.3) is 0 Å². The van der Waals surface area contributed by atoms with Crippen LogP contribution in [0.1, 0.15) is 23.7 Å². The molecule has 1 aromatic carbocycles. The molecule has 0 saturated heterocycles. The summed E-state index contributed by atoms with van der Waals surface area (Å²) < 4.78 is 50.2. The number of aryl methyl sites for hydroxylation is 1. The summed E-state index contributed by atoms with van der Waals surface area (Å²) in [6.07, 6.45) is -6.61. The first-order valence-corrected chi connectivity index (χ1v) is 5.40. The minimum atomic E-state index is -4.83. The summed E-state index contributed by atoms with van der Waals surface area (Å²) in [6, 6.07) is 5.80. The van der Waals surface area contributed by atoms with Gasteiger partial charge in [-0.05, 0) is 37.6 Å². The van der Waals surface area contributed by atoms with Crippen molar-refractivity contribution in [2.45, 2.75) is 25.2 Å². The zero-order valence-electron chi connectivity index (χ0n) is 9.52. The Hall–Kier alpha value is -1.10. The van der Waals surface area contributed by atoms with Crippen molar-refractivity contribution >= 4 is 0 Å². The van der Waals surface area contributed by atoms with Gasteiger partial charge in [-0.25, -0.2) is 4.39 Å². The van der Waals surface area contributed by atoms with Gasteiger partial charge in [0.2, 0.25) is 6.17 Å². The molecule has 0 aliphatic heterocycles. The Bertz CT molecular complexity index is 349. The number of hydrogen-bond acceptors (Lipinski definition) is 1. The fourth-order valence-electron chi connectivity index (χ4n) is 1.64. The van der Waals surface area contributed by atoms with Gasteiger partial charge in [-0.15, -0.1) is 0 Å². The van der Waals surface area contributed by atoms with Crippen LogP contribution in [0, 0.1) is 0 Å². The molecule has 0 radical (unpaired) electrons. The van der Waals surface area contributed by atoms with Crippen LogP contribution in [-0.2, 0) is 6.42 Å². The quantitative estimate of drug-likeness (QED) is 0.623. The Labute approximate surface area is 97.8 Å². The molecule has 1 atom stereocenters. The average molecular weight is 249 g/mol. The first kappa shape index (κ1) is 14.0. The van der Waals surface area contributed by atoms with Crippen molar-refractivity contribution < 1.29 is 17.6 Å². The molecule has 96 valence electrons. The van der Waals surface area contributed by atoms with Gasteiger partial charge < -0.3 is 5.32 Å². The number of nitrogens with one attached hydrogen (secondary N) is 1. The molecule has 1 rings (SSSR count). The second-order valence-corrected chi connectivity index (χ2v) is 3.81. The zero-order chi connectivity index (χ0) is 12.9. The molecule has 0 spiro atoms. The summed E-state index contributed by atoms with van der Waals surface area (Å²) in [6.45, 7) is 0.692. The number of benzene rings is 1. The first-order chi connectivity index (χ1) is 7.96. The summed E-state index contributed by atoms with van der Waals surface area (Å²) >= 11 is 0. The third kappa shape index (κ3) is 4.00. The highest BCUT2D eigenvalue weighted by molar-refractivity contribution is 5.30. The monoisotopic (exact) mass is 249 g/mol. The predicted octanol–water partition coefficient (Wildman–Crippen LogP) is 3.41. The molecule has 0 amide bonds. The fraction of sp³-hybridized carbons (Fsp3) is 0.500. The topological polar surface area (TPSA) is 12.0 Å². The normalized spacial score (nSPS) is 13.7. The number of halogens is 4. The van der Waals surface area contributed by atoms with Crippen molar-refractivity contribution in [2.24, 2.45) is 0 Å². The highest BCUT2D eigenvalue weighted by Gasteiger charge is 2.42. The molecule has 0 aromatic heterocycles. The predicted molar refractivity (Wildman–Crippen MR) is 58.6 cm³/mol. The summed E-state index contributed by atoms with van der Waals surface area (Å²) in [5.41, 5.74) is 0.156. The molecule has 1 N–H and O–H groups in total. The van der Waals surface area contributed by atoms with Gasteiger partial charge in [-0.3, -0.25) is 0 Å². The van der Waals surface area contributed by atoms with Crippen LogP contribution in [-0.4, -0.2) is 19.8 Å². The molecule has 17 heavy (non-hydrogen) atoms. The lowest BCUT2D eigenvalue weighted by atomic mass is 9.99. The largest absolute Gasteiger partial charge is 0.423 e. The van der Waals surface area contributed by atoms with Crippen LogP contribution in [0.15, 0.2) is 24.3 Å². The van der Waals surface area contributed by atoms with Crippen LogP contribution in [0.5, 0.6) is 0 Å². The van der Waals surface area contributed by atoms with Gasteiger partial charge in [-0.2, -0.15) is 13.2 Å². The summed E-state index contributed by atoms with van der Waals surface area (Å²) in [5, 5.41) is 2.90. The maximum absolute atomic E-state index is 13.3. The standard InChI is InChI=1S/C12H15F4N/c1-17-8-4-6-9-5-2-3-7-10(9)11(13)12(14,15)16/h2-3,5,7,11,17H,4,6,8H2,1H3. The Morgan fingerprint density at radius 1 is 1.24 bits per heavy atom. The van der Waals surface area contributed by atoms with Crippen LogP contribution < -0.4 is 5.32 Å². The van der Waals surface area contributed by atoms with Crippen molar-refractivity contribution in [1.82, 2.24) is 5.32 Å². The second kappa shape index (κ2) is 6.00. The molecule has 0 bridgehead atoms. The Morgan fingerprint density at radius 3 is 2.47 bits per heavy atom. The van der Waals surface area contributed by atoms with E-state index in [1.807, 2.05) is 0 Å². The third-order valence-corrected chi connectivity index (χ3v) is 2.49. The van der Waals surface area contributed by atoms with Crippen LogP contribution in [0.3, 0.4) is 0 Å². The van der Waals surface area contributed by atoms with Crippen molar-refractivity contribution in [3.63, 3.8) is 0 Å². The van der Waals surface area contributed by atoms with E-state index in [-0.39, 0.29) is 5.56 Å². The first-order valence-electron chi connectivity index (χ1n) is 5.40. The minimum absolute atomic E-state index is 0.267. The molecule has 0 saturated carbocycles. The van der Waals surface area contributed by atoms with Crippen molar-refractivity contribution in [2.75, 3.05) is 13.6 Å². The van der Waals surface area contributed by atoms with Gasteiger partial charge in [0.1, 0.15) is 0 Å². The van der Waals surface area contributed by atoms with Crippen LogP contribution in [0.4, 0.5) is 17.6 Å². The van der Waals surface area contributed by atoms with Gasteiger partial charge in [-0.1, -0.05) is 24.3 Å². The van der Waals surface area contributed by atoms with E-state index in [1.165, 1.54) is 12.1 Å². The number of rotatable bonds is 5. The van der Waals surface area contributed by atoms with Crippen molar-refractivity contribution in [3.8, 4) is 0 Å². The lowest BCUT2D eigenvalue weighted by Gasteiger charge is -2.16. The smallest absolute Gasteiger partial charge is 0.320 e. The molecule has 0 aliphatic rings. The molecule has 0 fully saturated rings. The average Bonchev–Trinajstić information content (AvgIpc) is 2.28. The van der Waals surface area contributed by atoms with Gasteiger partial charge >= 0.3 is 6.18 Å². The van der Waals surface area contributed by atoms with Crippen molar-refractivity contribution in [3.05, 3.63) is 35.4 Å². The molecule has 1 nitrogen and oxygen atoms in total. The molecule has 5 heteroatoms. The van der Waals surface area contributed by atoms with Crippen molar-refractivity contribution in [1.29, 1.82) is 0 Å². The van der Waals surface area contributed by atoms with Crippen LogP contribution in [0.2, 0.25) is 0 Å². The second-order valence-electron chi connectivity index (χ2n) is 3.81. The minimum Gasteiger partial charge on any atom is -0.320 e. The lowest BCUT2D eigenvalue weighted by molar-refractivity contribution is -0.183. The summed E-state index contributed by atoms with van der Waals surface area (Å²) in [5.74, 6) is 0. The van der Waals surface area contributed by atoms with E-state index in [0.717, 1.165) is 0 Å². The number of alkyl halides is 4.